The molecule has 0 saturated carbocycles. The average Bonchev–Trinajstić information content (AvgIpc) is 3.32. The van der Waals surface area contributed by atoms with E-state index in [1.165, 1.54) is 25.7 Å². The highest BCUT2D eigenvalue weighted by Crippen LogP contribution is 2.26. The van der Waals surface area contributed by atoms with E-state index in [0.717, 1.165) is 55.8 Å². The zero-order chi connectivity index (χ0) is 20.5. The summed E-state index contributed by atoms with van der Waals surface area (Å²) < 4.78 is 1.85. The van der Waals surface area contributed by atoms with E-state index >= 15 is 0 Å². The quantitative estimate of drug-likeness (QED) is 0.639. The molecule has 1 aliphatic rings. The maximum atomic E-state index is 12.7. The first-order chi connectivity index (χ1) is 14.2. The lowest BCUT2D eigenvalue weighted by molar-refractivity contribution is 0.0941. The zero-order valence-electron chi connectivity index (χ0n) is 17.8. The molecule has 8 heteroatoms. The molecule has 1 saturated heterocycles. The molecule has 1 fully saturated rings. The molecule has 1 aliphatic heterocycles. The van der Waals surface area contributed by atoms with Gasteiger partial charge in [0.1, 0.15) is 5.69 Å². The second kappa shape index (κ2) is 11.3. The molecular weight excluding hydrogens is 384 g/mol. The van der Waals surface area contributed by atoms with Crippen LogP contribution in [0.4, 0.5) is 5.13 Å². The Morgan fingerprint density at radius 3 is 2.45 bits per heavy atom. The zero-order valence-corrected chi connectivity index (χ0v) is 18.6. The van der Waals surface area contributed by atoms with Crippen molar-refractivity contribution in [2.45, 2.75) is 52.4 Å². The normalized spacial score (nSPS) is 14.9. The maximum absolute atomic E-state index is 12.7. The van der Waals surface area contributed by atoms with Crippen LogP contribution in [0.5, 0.6) is 0 Å². The third kappa shape index (κ3) is 6.02. The van der Waals surface area contributed by atoms with Crippen molar-refractivity contribution >= 4 is 22.4 Å². The number of nitrogens with zero attached hydrogens (tertiary/aromatic N) is 5. The molecule has 1 N–H and O–H groups in total. The monoisotopic (exact) mass is 418 g/mol. The van der Waals surface area contributed by atoms with Gasteiger partial charge in [-0.3, -0.25) is 9.36 Å². The second-order valence-electron chi connectivity index (χ2n) is 7.63. The molecule has 3 heterocycles. The number of rotatable bonds is 10. The number of anilines is 1. The Hall–Kier alpha value is -1.93. The lowest BCUT2D eigenvalue weighted by Crippen LogP contribution is -2.36. The van der Waals surface area contributed by atoms with Crippen molar-refractivity contribution in [3.63, 3.8) is 0 Å². The third-order valence-corrected chi connectivity index (χ3v) is 6.24. The van der Waals surface area contributed by atoms with Crippen molar-refractivity contribution in [1.29, 1.82) is 0 Å². The van der Waals surface area contributed by atoms with Crippen LogP contribution in [0.25, 0.3) is 5.13 Å². The minimum atomic E-state index is -0.0607. The van der Waals surface area contributed by atoms with Crippen molar-refractivity contribution in [2.24, 2.45) is 0 Å². The number of carbonyl (C=O) groups excluding carboxylic acids is 1. The third-order valence-electron chi connectivity index (χ3n) is 5.26. The van der Waals surface area contributed by atoms with E-state index in [1.54, 1.807) is 11.3 Å². The Bertz CT molecular complexity index is 744. The first-order valence-corrected chi connectivity index (χ1v) is 11.8. The van der Waals surface area contributed by atoms with Gasteiger partial charge in [-0.05, 0) is 50.9 Å². The van der Waals surface area contributed by atoms with Crippen molar-refractivity contribution in [1.82, 2.24) is 25.0 Å². The van der Waals surface area contributed by atoms with Crippen LogP contribution in [0.2, 0.25) is 0 Å². The number of aromatic nitrogens is 3. The minimum Gasteiger partial charge on any atom is -0.349 e. The van der Waals surface area contributed by atoms with Crippen LogP contribution in [-0.4, -0.2) is 64.8 Å². The van der Waals surface area contributed by atoms with Gasteiger partial charge in [-0.25, -0.2) is 0 Å². The summed E-state index contributed by atoms with van der Waals surface area (Å²) in [5, 5.41) is 13.5. The predicted octanol–water partition coefficient (Wildman–Crippen LogP) is 3.56. The Morgan fingerprint density at radius 2 is 1.76 bits per heavy atom. The number of hydrogen-bond acceptors (Lipinski definition) is 6. The fourth-order valence-electron chi connectivity index (χ4n) is 3.81. The van der Waals surface area contributed by atoms with E-state index in [4.69, 9.17) is 0 Å². The largest absolute Gasteiger partial charge is 0.349 e. The average molecular weight is 419 g/mol. The molecule has 0 radical (unpaired) electrons. The van der Waals surface area contributed by atoms with Gasteiger partial charge in [0, 0.05) is 32.4 Å². The van der Waals surface area contributed by atoms with Gasteiger partial charge in [0.2, 0.25) is 10.3 Å². The smallest absolute Gasteiger partial charge is 0.268 e. The highest BCUT2D eigenvalue weighted by atomic mass is 32.1. The summed E-state index contributed by atoms with van der Waals surface area (Å²) in [7, 11) is 0. The predicted molar refractivity (Wildman–Crippen MR) is 119 cm³/mol. The number of amides is 1. The van der Waals surface area contributed by atoms with E-state index in [9.17, 15) is 4.79 Å². The molecule has 7 nitrogen and oxygen atoms in total. The molecule has 160 valence electrons. The Balaban J connectivity index is 1.61. The lowest BCUT2D eigenvalue weighted by Gasteiger charge is -2.21. The highest BCUT2D eigenvalue weighted by Gasteiger charge is 2.18. The molecule has 0 aliphatic carbocycles. The maximum Gasteiger partial charge on any atom is 0.268 e. The molecule has 3 rings (SSSR count). The molecule has 0 atom stereocenters. The number of carbonyl (C=O) groups is 1. The standard InChI is InChI=1S/C21H34N6OS/c1-3-12-25(13-4-2)17-11-22-19(28)18-10-9-16-27(18)21-24-23-20(29-21)26-14-7-5-6-8-15-26/h9-10,16H,3-8,11-15,17H2,1-2H3,(H,22,28). The van der Waals surface area contributed by atoms with Crippen molar-refractivity contribution in [2.75, 3.05) is 44.2 Å². The molecule has 29 heavy (non-hydrogen) atoms. The van der Waals surface area contributed by atoms with Crippen molar-refractivity contribution in [3.8, 4) is 5.13 Å². The lowest BCUT2D eigenvalue weighted by atomic mass is 10.2. The Kier molecular flexibility index (Phi) is 8.49. The summed E-state index contributed by atoms with van der Waals surface area (Å²) in [6, 6.07) is 3.74. The highest BCUT2D eigenvalue weighted by molar-refractivity contribution is 7.17. The first kappa shape index (κ1) is 21.8. The molecule has 1 amide bonds. The van der Waals surface area contributed by atoms with Crippen LogP contribution in [0.3, 0.4) is 0 Å². The Morgan fingerprint density at radius 1 is 1.07 bits per heavy atom. The molecule has 0 aromatic carbocycles. The summed E-state index contributed by atoms with van der Waals surface area (Å²) >= 11 is 1.56. The van der Waals surface area contributed by atoms with Gasteiger partial charge in [0.15, 0.2) is 0 Å². The Labute approximate surface area is 178 Å². The first-order valence-electron chi connectivity index (χ1n) is 11.0. The van der Waals surface area contributed by atoms with Crippen LogP contribution in [0, 0.1) is 0 Å². The van der Waals surface area contributed by atoms with Crippen molar-refractivity contribution < 1.29 is 4.79 Å². The van der Waals surface area contributed by atoms with Gasteiger partial charge in [-0.15, -0.1) is 10.2 Å². The van der Waals surface area contributed by atoms with Gasteiger partial charge in [-0.2, -0.15) is 0 Å². The van der Waals surface area contributed by atoms with E-state index in [2.05, 4.69) is 39.2 Å². The minimum absolute atomic E-state index is 0.0607. The second-order valence-corrected chi connectivity index (χ2v) is 8.56. The fraction of sp³-hybridized carbons (Fsp3) is 0.667. The van der Waals surface area contributed by atoms with Crippen LogP contribution in [0.15, 0.2) is 18.3 Å². The molecule has 2 aromatic heterocycles. The molecule has 0 bridgehead atoms. The van der Waals surface area contributed by atoms with Gasteiger partial charge < -0.3 is 15.1 Å². The van der Waals surface area contributed by atoms with E-state index in [1.807, 2.05) is 22.9 Å². The van der Waals surface area contributed by atoms with Crippen LogP contribution < -0.4 is 10.2 Å². The van der Waals surface area contributed by atoms with Crippen molar-refractivity contribution in [3.05, 3.63) is 24.0 Å². The van der Waals surface area contributed by atoms with Gasteiger partial charge in [-0.1, -0.05) is 38.0 Å². The summed E-state index contributed by atoms with van der Waals surface area (Å²) in [5.41, 5.74) is 0.612. The van der Waals surface area contributed by atoms with Crippen LogP contribution >= 0.6 is 11.3 Å². The van der Waals surface area contributed by atoms with Crippen LogP contribution in [0.1, 0.15) is 62.9 Å². The SMILES string of the molecule is CCCN(CCC)CCNC(=O)c1cccn1-c1nnc(N2CCCCCC2)s1. The van der Waals surface area contributed by atoms with E-state index in [0.29, 0.717) is 12.2 Å². The van der Waals surface area contributed by atoms with Gasteiger partial charge in [0.05, 0.1) is 0 Å². The summed E-state index contributed by atoms with van der Waals surface area (Å²) in [5.74, 6) is -0.0607. The molecule has 0 unspecified atom stereocenters. The molecule has 2 aromatic rings. The summed E-state index contributed by atoms with van der Waals surface area (Å²) in [4.78, 5) is 17.5. The number of hydrogen-bond donors (Lipinski definition) is 1. The van der Waals surface area contributed by atoms with Gasteiger partial charge in [0.25, 0.3) is 5.91 Å². The molecule has 0 spiro atoms. The topological polar surface area (TPSA) is 66.3 Å². The number of nitrogens with one attached hydrogen (secondary N) is 1. The van der Waals surface area contributed by atoms with E-state index < -0.39 is 0 Å². The summed E-state index contributed by atoms with van der Waals surface area (Å²) in [6.45, 7) is 10.1. The fourth-order valence-corrected chi connectivity index (χ4v) is 4.71. The van der Waals surface area contributed by atoms with E-state index in [-0.39, 0.29) is 5.91 Å². The summed E-state index contributed by atoms with van der Waals surface area (Å²) in [6.07, 6.45) is 9.15. The van der Waals surface area contributed by atoms with Gasteiger partial charge >= 0.3 is 0 Å². The van der Waals surface area contributed by atoms with Crippen LogP contribution in [-0.2, 0) is 0 Å². The molecular formula is C21H34N6OS.